The second kappa shape index (κ2) is 9.59. The van der Waals surface area contributed by atoms with Gasteiger partial charge in [0.25, 0.3) is 0 Å². The molecule has 0 fully saturated rings. The summed E-state index contributed by atoms with van der Waals surface area (Å²) < 4.78 is 21.7. The van der Waals surface area contributed by atoms with E-state index in [0.717, 1.165) is 28.1 Å². The van der Waals surface area contributed by atoms with E-state index in [4.69, 9.17) is 18.7 Å². The largest absolute Gasteiger partial charge is 0.493 e. The first-order valence-corrected chi connectivity index (χ1v) is 9.18. The fourth-order valence-corrected chi connectivity index (χ4v) is 2.71. The minimum atomic E-state index is -0.411. The summed E-state index contributed by atoms with van der Waals surface area (Å²) in [6.45, 7) is 4.29. The van der Waals surface area contributed by atoms with Crippen LogP contribution in [0.15, 0.2) is 59.1 Å². The zero-order chi connectivity index (χ0) is 20.6. The Morgan fingerprint density at radius 2 is 1.86 bits per heavy atom. The molecule has 6 heteroatoms. The molecule has 0 aliphatic rings. The summed E-state index contributed by atoms with van der Waals surface area (Å²) >= 11 is 0. The van der Waals surface area contributed by atoms with Crippen LogP contribution >= 0.6 is 0 Å². The first-order chi connectivity index (χ1) is 14.1. The van der Waals surface area contributed by atoms with Crippen molar-refractivity contribution in [1.29, 1.82) is 0 Å². The Balaban J connectivity index is 1.60. The monoisotopic (exact) mass is 393 g/mol. The Hall–Kier alpha value is -3.54. The number of aromatic nitrogens is 1. The summed E-state index contributed by atoms with van der Waals surface area (Å²) in [5.74, 6) is 1.48. The van der Waals surface area contributed by atoms with Crippen LogP contribution in [0.2, 0.25) is 0 Å². The molecule has 0 atom stereocenters. The number of carbonyl (C=O) groups excluding carboxylic acids is 1. The van der Waals surface area contributed by atoms with Gasteiger partial charge in [0, 0.05) is 6.08 Å². The molecule has 3 rings (SSSR count). The normalized spacial score (nSPS) is 10.9. The predicted octanol–water partition coefficient (Wildman–Crippen LogP) is 4.64. The lowest BCUT2D eigenvalue weighted by atomic mass is 10.2. The molecule has 0 amide bonds. The number of methoxy groups -OCH3 is 1. The highest BCUT2D eigenvalue weighted by Crippen LogP contribution is 2.30. The molecule has 1 heterocycles. The lowest BCUT2D eigenvalue weighted by Crippen LogP contribution is -2.01. The Morgan fingerprint density at radius 1 is 1.07 bits per heavy atom. The van der Waals surface area contributed by atoms with Crippen molar-refractivity contribution >= 4 is 12.0 Å². The summed E-state index contributed by atoms with van der Waals surface area (Å²) in [6, 6.07) is 15.0. The Kier molecular flexibility index (Phi) is 6.68. The van der Waals surface area contributed by atoms with E-state index in [1.807, 2.05) is 50.2 Å². The Labute approximate surface area is 169 Å². The van der Waals surface area contributed by atoms with Gasteiger partial charge >= 0.3 is 5.97 Å². The average Bonchev–Trinajstić information content (AvgIpc) is 3.07. The highest BCUT2D eigenvalue weighted by Gasteiger charge is 2.12. The van der Waals surface area contributed by atoms with E-state index in [1.165, 1.54) is 6.08 Å². The lowest BCUT2D eigenvalue weighted by Gasteiger charge is -2.11. The van der Waals surface area contributed by atoms with Gasteiger partial charge in [0.2, 0.25) is 0 Å². The third-order valence-corrected chi connectivity index (χ3v) is 4.38. The molecule has 29 heavy (non-hydrogen) atoms. The Morgan fingerprint density at radius 3 is 2.55 bits per heavy atom. The second-order valence-electron chi connectivity index (χ2n) is 6.43. The molecule has 0 bridgehead atoms. The van der Waals surface area contributed by atoms with E-state index in [-0.39, 0.29) is 6.61 Å². The smallest absolute Gasteiger partial charge is 0.331 e. The minimum Gasteiger partial charge on any atom is -0.493 e. The number of ether oxygens (including phenoxy) is 3. The van der Waals surface area contributed by atoms with Crippen molar-refractivity contribution in [3.8, 4) is 11.5 Å². The molecule has 0 aliphatic heterocycles. The molecule has 3 aromatic rings. The van der Waals surface area contributed by atoms with Crippen molar-refractivity contribution in [1.82, 2.24) is 5.16 Å². The van der Waals surface area contributed by atoms with E-state index in [1.54, 1.807) is 25.3 Å². The SMILES string of the molecule is COc1cc(/C=C/C(=O)OCc2ccccc2)ccc1OCc1c(C)noc1C. The molecule has 0 aliphatic carbocycles. The van der Waals surface area contributed by atoms with Gasteiger partial charge in [-0.15, -0.1) is 0 Å². The number of aryl methyl sites for hydroxylation is 2. The maximum absolute atomic E-state index is 11.9. The molecule has 6 nitrogen and oxygen atoms in total. The highest BCUT2D eigenvalue weighted by atomic mass is 16.5. The first kappa shape index (κ1) is 20.2. The van der Waals surface area contributed by atoms with Crippen molar-refractivity contribution in [2.45, 2.75) is 27.1 Å². The maximum atomic E-state index is 11.9. The summed E-state index contributed by atoms with van der Waals surface area (Å²) in [6.07, 6.45) is 3.07. The molecule has 0 spiro atoms. The van der Waals surface area contributed by atoms with Gasteiger partial charge in [0.1, 0.15) is 19.0 Å². The van der Waals surface area contributed by atoms with Crippen LogP contribution < -0.4 is 9.47 Å². The van der Waals surface area contributed by atoms with Gasteiger partial charge in [-0.3, -0.25) is 0 Å². The highest BCUT2D eigenvalue weighted by molar-refractivity contribution is 5.87. The van der Waals surface area contributed by atoms with Gasteiger partial charge in [0.05, 0.1) is 18.4 Å². The molecule has 0 saturated carbocycles. The summed E-state index contributed by atoms with van der Waals surface area (Å²) in [7, 11) is 1.57. The van der Waals surface area contributed by atoms with Crippen molar-refractivity contribution < 1.29 is 23.5 Å². The van der Waals surface area contributed by atoms with E-state index >= 15 is 0 Å². The zero-order valence-corrected chi connectivity index (χ0v) is 16.7. The fourth-order valence-electron chi connectivity index (χ4n) is 2.71. The first-order valence-electron chi connectivity index (χ1n) is 9.18. The number of rotatable bonds is 8. The van der Waals surface area contributed by atoms with Gasteiger partial charge in [-0.1, -0.05) is 41.6 Å². The van der Waals surface area contributed by atoms with Gasteiger partial charge in [-0.25, -0.2) is 4.79 Å². The van der Waals surface area contributed by atoms with E-state index < -0.39 is 5.97 Å². The van der Waals surface area contributed by atoms with E-state index in [9.17, 15) is 4.79 Å². The van der Waals surface area contributed by atoms with Crippen LogP contribution in [0, 0.1) is 13.8 Å². The van der Waals surface area contributed by atoms with Crippen LogP contribution in [-0.4, -0.2) is 18.2 Å². The van der Waals surface area contributed by atoms with Crippen LogP contribution in [0.5, 0.6) is 11.5 Å². The zero-order valence-electron chi connectivity index (χ0n) is 16.7. The van der Waals surface area contributed by atoms with Crippen LogP contribution in [0.3, 0.4) is 0 Å². The van der Waals surface area contributed by atoms with E-state index in [2.05, 4.69) is 5.16 Å². The molecule has 150 valence electrons. The standard InChI is InChI=1S/C23H23NO5/c1-16-20(17(2)29-24-16)15-27-21-11-9-18(13-22(21)26-3)10-12-23(25)28-14-19-7-5-4-6-8-19/h4-13H,14-15H2,1-3H3/b12-10+. The van der Waals surface area contributed by atoms with Crippen LogP contribution in [0.4, 0.5) is 0 Å². The van der Waals surface area contributed by atoms with Crippen LogP contribution in [0.1, 0.15) is 28.1 Å². The number of hydrogen-bond donors (Lipinski definition) is 0. The topological polar surface area (TPSA) is 70.8 Å². The molecular formula is C23H23NO5. The second-order valence-corrected chi connectivity index (χ2v) is 6.43. The quantitative estimate of drug-likeness (QED) is 0.410. The molecule has 0 unspecified atom stereocenters. The lowest BCUT2D eigenvalue weighted by molar-refractivity contribution is -0.138. The molecule has 1 aromatic heterocycles. The number of esters is 1. The molecule has 0 saturated heterocycles. The number of hydrogen-bond acceptors (Lipinski definition) is 6. The van der Waals surface area contributed by atoms with Crippen molar-refractivity contribution in [2.75, 3.05) is 7.11 Å². The summed E-state index contributed by atoms with van der Waals surface area (Å²) in [5.41, 5.74) is 3.45. The van der Waals surface area contributed by atoms with Crippen LogP contribution in [-0.2, 0) is 22.7 Å². The average molecular weight is 393 g/mol. The van der Waals surface area contributed by atoms with Gasteiger partial charge in [-0.05, 0) is 43.2 Å². The molecule has 0 radical (unpaired) electrons. The third kappa shape index (κ3) is 5.48. The van der Waals surface area contributed by atoms with E-state index in [0.29, 0.717) is 18.1 Å². The van der Waals surface area contributed by atoms with Gasteiger partial charge in [-0.2, -0.15) is 0 Å². The summed E-state index contributed by atoms with van der Waals surface area (Å²) in [4.78, 5) is 11.9. The minimum absolute atomic E-state index is 0.238. The molecule has 0 N–H and O–H groups in total. The van der Waals surface area contributed by atoms with Gasteiger partial charge in [0.15, 0.2) is 11.5 Å². The Bertz CT molecular complexity index is 972. The van der Waals surface area contributed by atoms with Crippen LogP contribution in [0.25, 0.3) is 6.08 Å². The molecule has 2 aromatic carbocycles. The van der Waals surface area contributed by atoms with Gasteiger partial charge < -0.3 is 18.7 Å². The predicted molar refractivity (Wildman–Crippen MR) is 109 cm³/mol. The van der Waals surface area contributed by atoms with Crippen molar-refractivity contribution in [3.05, 3.63) is 82.8 Å². The number of carbonyl (C=O) groups is 1. The van der Waals surface area contributed by atoms with Crippen molar-refractivity contribution in [3.63, 3.8) is 0 Å². The fraction of sp³-hybridized carbons (Fsp3) is 0.217. The summed E-state index contributed by atoms with van der Waals surface area (Å²) in [5, 5.41) is 3.92. The maximum Gasteiger partial charge on any atom is 0.331 e. The number of nitrogens with zero attached hydrogens (tertiary/aromatic N) is 1. The molecular weight excluding hydrogens is 370 g/mol. The van der Waals surface area contributed by atoms with Crippen molar-refractivity contribution in [2.24, 2.45) is 0 Å². The third-order valence-electron chi connectivity index (χ3n) is 4.38. The number of benzene rings is 2.